The van der Waals surface area contributed by atoms with Crippen molar-refractivity contribution in [3.8, 4) is 0 Å². The minimum atomic E-state index is 0.432. The second-order valence-electron chi connectivity index (χ2n) is 3.77. The zero-order valence-electron chi connectivity index (χ0n) is 9.14. The molecular formula is C10H19N3S. The third-order valence-corrected chi connectivity index (χ3v) is 2.53. The minimum Gasteiger partial charge on any atom is -0.372 e. The van der Waals surface area contributed by atoms with E-state index in [0.717, 1.165) is 18.7 Å². The highest BCUT2D eigenvalue weighted by molar-refractivity contribution is 7.80. The van der Waals surface area contributed by atoms with E-state index in [2.05, 4.69) is 49.7 Å². The Morgan fingerprint density at radius 2 is 2.29 bits per heavy atom. The second-order valence-corrected chi connectivity index (χ2v) is 4.22. The lowest BCUT2D eigenvalue weighted by Crippen LogP contribution is -2.18. The van der Waals surface area contributed by atoms with Crippen molar-refractivity contribution in [1.82, 2.24) is 9.78 Å². The first kappa shape index (κ1) is 11.4. The zero-order valence-corrected chi connectivity index (χ0v) is 10.0. The number of hydrogen-bond donors (Lipinski definition) is 1. The molecule has 1 heterocycles. The molecule has 1 aromatic rings. The molecule has 0 aliphatic heterocycles. The van der Waals surface area contributed by atoms with Crippen LogP contribution in [0.15, 0.2) is 12.4 Å². The van der Waals surface area contributed by atoms with Crippen LogP contribution in [-0.4, -0.2) is 29.1 Å². The number of rotatable bonds is 5. The van der Waals surface area contributed by atoms with Crippen molar-refractivity contribution in [1.29, 1.82) is 0 Å². The molecule has 0 aliphatic rings. The van der Waals surface area contributed by atoms with Gasteiger partial charge in [0.15, 0.2) is 0 Å². The van der Waals surface area contributed by atoms with Crippen molar-refractivity contribution < 1.29 is 0 Å². The predicted molar refractivity (Wildman–Crippen MR) is 64.4 cm³/mol. The van der Waals surface area contributed by atoms with E-state index in [-0.39, 0.29) is 0 Å². The highest BCUT2D eigenvalue weighted by Gasteiger charge is 2.05. The van der Waals surface area contributed by atoms with Crippen LogP contribution < -0.4 is 4.90 Å². The summed E-state index contributed by atoms with van der Waals surface area (Å²) in [5.74, 6) is 0.933. The number of aromatic nitrogens is 2. The topological polar surface area (TPSA) is 21.1 Å². The van der Waals surface area contributed by atoms with Crippen LogP contribution in [0.2, 0.25) is 0 Å². The third-order valence-electron chi connectivity index (χ3n) is 2.21. The standard InChI is InChI=1S/C10H19N3S/c1-9(2)13-8-10(7-11-13)12(3)5-4-6-14/h7-9,14H,4-6H2,1-3H3. The highest BCUT2D eigenvalue weighted by atomic mass is 32.1. The fraction of sp³-hybridized carbons (Fsp3) is 0.700. The lowest BCUT2D eigenvalue weighted by molar-refractivity contribution is 0.532. The Morgan fingerprint density at radius 3 is 2.79 bits per heavy atom. The molecule has 3 nitrogen and oxygen atoms in total. The van der Waals surface area contributed by atoms with E-state index in [1.54, 1.807) is 0 Å². The summed E-state index contributed by atoms with van der Waals surface area (Å²) in [6.07, 6.45) is 5.11. The van der Waals surface area contributed by atoms with Crippen molar-refractivity contribution >= 4 is 18.3 Å². The lowest BCUT2D eigenvalue weighted by atomic mass is 10.4. The number of hydrogen-bond acceptors (Lipinski definition) is 3. The van der Waals surface area contributed by atoms with Gasteiger partial charge in [0.25, 0.3) is 0 Å². The van der Waals surface area contributed by atoms with Crippen molar-refractivity contribution in [2.75, 3.05) is 24.2 Å². The van der Waals surface area contributed by atoms with E-state index in [9.17, 15) is 0 Å². The Bertz CT molecular complexity index is 270. The van der Waals surface area contributed by atoms with Crippen LogP contribution >= 0.6 is 12.6 Å². The average molecular weight is 213 g/mol. The van der Waals surface area contributed by atoms with E-state index in [4.69, 9.17) is 0 Å². The summed E-state index contributed by atoms with van der Waals surface area (Å²) in [7, 11) is 2.09. The fourth-order valence-corrected chi connectivity index (χ4v) is 1.39. The summed E-state index contributed by atoms with van der Waals surface area (Å²) >= 11 is 4.20. The highest BCUT2D eigenvalue weighted by Crippen LogP contribution is 2.14. The first-order valence-corrected chi connectivity index (χ1v) is 5.64. The fourth-order valence-electron chi connectivity index (χ4n) is 1.24. The molecule has 0 aliphatic carbocycles. The molecule has 1 aromatic heterocycles. The molecule has 0 saturated carbocycles. The molecule has 0 amide bonds. The van der Waals surface area contributed by atoms with E-state index < -0.39 is 0 Å². The molecule has 14 heavy (non-hydrogen) atoms. The van der Waals surface area contributed by atoms with E-state index in [1.165, 1.54) is 5.69 Å². The van der Waals surface area contributed by atoms with Crippen LogP contribution in [0.1, 0.15) is 26.3 Å². The molecule has 80 valence electrons. The Balaban J connectivity index is 2.57. The van der Waals surface area contributed by atoms with Gasteiger partial charge >= 0.3 is 0 Å². The largest absolute Gasteiger partial charge is 0.372 e. The summed E-state index contributed by atoms with van der Waals surface area (Å²) in [5, 5.41) is 4.30. The van der Waals surface area contributed by atoms with E-state index in [1.807, 2.05) is 10.9 Å². The van der Waals surface area contributed by atoms with Gasteiger partial charge in [-0.3, -0.25) is 4.68 Å². The van der Waals surface area contributed by atoms with Gasteiger partial charge in [-0.1, -0.05) is 0 Å². The summed E-state index contributed by atoms with van der Waals surface area (Å²) in [6.45, 7) is 5.29. The predicted octanol–water partition coefficient (Wildman–Crippen LogP) is 2.22. The SMILES string of the molecule is CC(C)n1cc(N(C)CCCS)cn1. The summed E-state index contributed by atoms with van der Waals surface area (Å²) in [5.41, 5.74) is 1.18. The molecule has 0 bridgehead atoms. The average Bonchev–Trinajstić information content (AvgIpc) is 2.62. The molecule has 0 N–H and O–H groups in total. The maximum atomic E-state index is 4.30. The van der Waals surface area contributed by atoms with Crippen LogP contribution in [0.5, 0.6) is 0 Å². The molecular weight excluding hydrogens is 194 g/mol. The van der Waals surface area contributed by atoms with Gasteiger partial charge < -0.3 is 4.90 Å². The van der Waals surface area contributed by atoms with Crippen molar-refractivity contribution in [3.05, 3.63) is 12.4 Å². The number of anilines is 1. The quantitative estimate of drug-likeness (QED) is 0.757. The van der Waals surface area contributed by atoms with E-state index in [0.29, 0.717) is 6.04 Å². The Kier molecular flexibility index (Phi) is 4.32. The first-order valence-electron chi connectivity index (χ1n) is 5.01. The van der Waals surface area contributed by atoms with Gasteiger partial charge in [-0.2, -0.15) is 17.7 Å². The van der Waals surface area contributed by atoms with Crippen LogP contribution in [0.4, 0.5) is 5.69 Å². The molecule has 0 fully saturated rings. The van der Waals surface area contributed by atoms with Gasteiger partial charge in [0.1, 0.15) is 0 Å². The molecule has 0 saturated heterocycles. The van der Waals surface area contributed by atoms with Crippen molar-refractivity contribution in [2.24, 2.45) is 0 Å². The molecule has 0 atom stereocenters. The monoisotopic (exact) mass is 213 g/mol. The van der Waals surface area contributed by atoms with Crippen LogP contribution in [-0.2, 0) is 0 Å². The Morgan fingerprint density at radius 1 is 1.57 bits per heavy atom. The molecule has 0 spiro atoms. The molecule has 1 rings (SSSR count). The molecule has 0 aromatic carbocycles. The van der Waals surface area contributed by atoms with Crippen molar-refractivity contribution in [2.45, 2.75) is 26.3 Å². The molecule has 4 heteroatoms. The first-order chi connectivity index (χ1) is 6.65. The third kappa shape index (κ3) is 2.94. The lowest BCUT2D eigenvalue weighted by Gasteiger charge is -2.15. The van der Waals surface area contributed by atoms with E-state index >= 15 is 0 Å². The van der Waals surface area contributed by atoms with Gasteiger partial charge in [-0.15, -0.1) is 0 Å². The summed E-state index contributed by atoms with van der Waals surface area (Å²) in [6, 6.07) is 0.432. The van der Waals surface area contributed by atoms with Gasteiger partial charge in [-0.25, -0.2) is 0 Å². The maximum Gasteiger partial charge on any atom is 0.0750 e. The smallest absolute Gasteiger partial charge is 0.0750 e. The van der Waals surface area contributed by atoms with Gasteiger partial charge in [0.05, 0.1) is 11.9 Å². The Labute approximate surface area is 91.5 Å². The maximum absolute atomic E-state index is 4.30. The number of thiol groups is 1. The van der Waals surface area contributed by atoms with Gasteiger partial charge in [0, 0.05) is 25.8 Å². The second kappa shape index (κ2) is 5.29. The minimum absolute atomic E-state index is 0.432. The van der Waals surface area contributed by atoms with Crippen LogP contribution in [0.3, 0.4) is 0 Å². The van der Waals surface area contributed by atoms with Gasteiger partial charge in [0.2, 0.25) is 0 Å². The zero-order chi connectivity index (χ0) is 10.6. The number of nitrogens with zero attached hydrogens (tertiary/aromatic N) is 3. The normalized spacial score (nSPS) is 10.9. The van der Waals surface area contributed by atoms with Gasteiger partial charge in [-0.05, 0) is 26.0 Å². The Hall–Kier alpha value is -0.640. The molecule has 0 unspecified atom stereocenters. The van der Waals surface area contributed by atoms with Crippen LogP contribution in [0, 0.1) is 0 Å². The summed E-state index contributed by atoms with van der Waals surface area (Å²) in [4.78, 5) is 2.21. The molecule has 0 radical (unpaired) electrons. The van der Waals surface area contributed by atoms with Crippen LogP contribution in [0.25, 0.3) is 0 Å². The summed E-state index contributed by atoms with van der Waals surface area (Å²) < 4.78 is 1.98. The van der Waals surface area contributed by atoms with Crippen molar-refractivity contribution in [3.63, 3.8) is 0 Å².